The number of aromatic nitrogens is 2. The molecule has 0 aliphatic rings. The summed E-state index contributed by atoms with van der Waals surface area (Å²) >= 11 is 11.4. The molecule has 0 aliphatic carbocycles. The standard InChI is InChI=1S/C11H13IN2O3.2C10H10FIN2O2.C9H8INO.C8H5FIN.C7H5FINO2.C7H7FN2O2.C7H8FN/c1-13(2)5-4-8-6-11(17-3)9(12)7-10(8)14(15)16;2*1-13(2)4-3-7-5-8(11)9(12)6-10(7)14(15)16;1-12-9-4-6-2-3-11-8(6)5-7(9)10;9-6-3-5-1-2-11-8(5)4-7(6)10;2*1-4-2-5(8)6(9)3-7(4)10(11)12;1-5-2-3-7(9)6(8)4-5/h4-7H,1-3H3;2*3-6H,1-2H3;2-5,11H,1H3;1-4,11H;2-3H,1H3;2-3H,9H2,1H3;2-4H,9H2,1H3/b5-4+;2*4-3+;;;;;. The molecule has 558 valence electrons. The number of aryl methyl sites for hydroxylation is 3. The Morgan fingerprint density at radius 3 is 1.09 bits per heavy atom. The molecule has 0 saturated heterocycles. The number of nitrogens with two attached hydrogens (primary N) is 2. The average Bonchev–Trinajstić information content (AvgIpc) is 1.68. The van der Waals surface area contributed by atoms with Crippen molar-refractivity contribution in [2.75, 3.05) is 68.0 Å². The molecule has 2 heterocycles. The van der Waals surface area contributed by atoms with Gasteiger partial charge in [-0.25, -0.2) is 26.3 Å². The molecule has 8 aromatic carbocycles. The highest BCUT2D eigenvalue weighted by atomic mass is 127. The average molecular weight is 2130 g/mol. The Balaban J connectivity index is 0.000000314. The van der Waals surface area contributed by atoms with Gasteiger partial charge in [0.05, 0.1) is 88.3 Å². The van der Waals surface area contributed by atoms with Gasteiger partial charge >= 0.3 is 0 Å². The van der Waals surface area contributed by atoms with Gasteiger partial charge in [-0.3, -0.25) is 50.6 Å². The van der Waals surface area contributed by atoms with Crippen LogP contribution in [0, 0.1) is 128 Å². The number of hydrogen-bond acceptors (Lipinski definition) is 17. The molecule has 105 heavy (non-hydrogen) atoms. The van der Waals surface area contributed by atoms with Gasteiger partial charge in [-0.1, -0.05) is 6.07 Å². The third-order valence-corrected chi connectivity index (χ3v) is 18.2. The van der Waals surface area contributed by atoms with Crippen LogP contribution < -0.4 is 20.9 Å². The Hall–Kier alpha value is -8.38. The third kappa shape index (κ3) is 29.8. The molecule has 0 radical (unpaired) electrons. The molecule has 10 rings (SSSR count). The number of hydrogen-bond donors (Lipinski definition) is 4. The van der Waals surface area contributed by atoms with E-state index < -0.39 is 47.9 Å². The van der Waals surface area contributed by atoms with Crippen LogP contribution in [-0.4, -0.2) is 106 Å². The van der Waals surface area contributed by atoms with Crippen LogP contribution in [0.5, 0.6) is 11.5 Å². The van der Waals surface area contributed by atoms with E-state index in [1.807, 2.05) is 95.5 Å². The van der Waals surface area contributed by atoms with E-state index in [0.717, 1.165) is 47.0 Å². The lowest BCUT2D eigenvalue weighted by molar-refractivity contribution is -0.385. The van der Waals surface area contributed by atoms with Crippen molar-refractivity contribution in [1.29, 1.82) is 0 Å². The number of fused-ring (bicyclic) bond motifs is 2. The topological polar surface area (TPSA) is 328 Å². The molecule has 6 N–H and O–H groups in total. The van der Waals surface area contributed by atoms with Gasteiger partial charge in [0.25, 0.3) is 28.4 Å². The maximum absolute atomic E-state index is 13.3. The van der Waals surface area contributed by atoms with Gasteiger partial charge in [-0.2, -0.15) is 0 Å². The SMILES string of the molecule is CN(C)/C=C/c1cc(F)c(I)cc1[N+](=O)[O-].CN(C)/C=C/c1cc(F)c(I)cc1[N+](=O)[O-].COc1cc(/C=C/N(C)C)c([N+](=O)[O-])cc1I.COc1cc2cc[nH]c2cc1I.Cc1cc(F)c(I)cc1[N+](=O)[O-].Cc1cc(F)c(N)cc1[N+](=O)[O-].Cc1ccc(N)c(F)c1.Fc1cc2cc[nH]c2cc1I. The van der Waals surface area contributed by atoms with Gasteiger partial charge in [0.1, 0.15) is 46.4 Å². The first-order valence-corrected chi connectivity index (χ1v) is 36.0. The van der Waals surface area contributed by atoms with Crippen LogP contribution in [0.3, 0.4) is 0 Å². The number of nitrogens with one attached hydrogen (secondary N) is 2. The Morgan fingerprint density at radius 2 is 0.695 bits per heavy atom. The molecule has 24 nitrogen and oxygen atoms in total. The first-order valence-electron chi connectivity index (χ1n) is 29.5. The molecule has 0 fully saturated rings. The second-order valence-corrected chi connectivity index (χ2v) is 28.9. The van der Waals surface area contributed by atoms with Crippen molar-refractivity contribution >= 4 is 215 Å². The number of nitrogen functional groups attached to an aromatic ring is 2. The first-order chi connectivity index (χ1) is 49.1. The summed E-state index contributed by atoms with van der Waals surface area (Å²) in [6.07, 6.45) is 13.5. The minimum atomic E-state index is -0.627. The Morgan fingerprint density at radius 1 is 0.381 bits per heavy atom. The van der Waals surface area contributed by atoms with E-state index in [9.17, 15) is 76.9 Å². The number of H-pyrrole nitrogens is 2. The van der Waals surface area contributed by atoms with Crippen molar-refractivity contribution < 1.29 is 60.4 Å². The van der Waals surface area contributed by atoms with Crippen LogP contribution in [0.15, 0.2) is 146 Å². The van der Waals surface area contributed by atoms with Gasteiger partial charge in [-0.05, 0) is 278 Å². The third-order valence-electron chi connectivity index (χ3n) is 13.2. The number of nitrogens with zero attached hydrogens (tertiary/aromatic N) is 8. The zero-order chi connectivity index (χ0) is 79.4. The molecule has 2 aromatic heterocycles. The summed E-state index contributed by atoms with van der Waals surface area (Å²) in [5.74, 6) is -0.879. The van der Waals surface area contributed by atoms with Gasteiger partial charge < -0.3 is 45.6 Å². The lowest BCUT2D eigenvalue weighted by atomic mass is 10.1. The summed E-state index contributed by atoms with van der Waals surface area (Å²) < 4.78 is 91.0. The van der Waals surface area contributed by atoms with Gasteiger partial charge in [0, 0.05) is 118 Å². The number of halogens is 12. The van der Waals surface area contributed by atoms with Gasteiger partial charge in [0.15, 0.2) is 0 Å². The highest BCUT2D eigenvalue weighted by Crippen LogP contribution is 2.33. The Kier molecular flexibility index (Phi) is 38.0. The predicted octanol–water partition coefficient (Wildman–Crippen LogP) is 20.2. The molecular formula is C69H66F6I6N12O12. The lowest BCUT2D eigenvalue weighted by Gasteiger charge is -2.07. The number of ether oxygens (including phenoxy) is 2. The monoisotopic (exact) mass is 2130 g/mol. The van der Waals surface area contributed by atoms with E-state index in [1.165, 1.54) is 86.0 Å². The van der Waals surface area contributed by atoms with Gasteiger partial charge in [-0.15, -0.1) is 0 Å². The number of benzene rings is 8. The zero-order valence-electron chi connectivity index (χ0n) is 57.3. The Bertz CT molecular complexity index is 4650. The fraction of sp³-hybridized carbons (Fsp3) is 0.159. The van der Waals surface area contributed by atoms with E-state index in [1.54, 1.807) is 175 Å². The highest BCUT2D eigenvalue weighted by Gasteiger charge is 2.20. The van der Waals surface area contributed by atoms with Crippen LogP contribution in [0.25, 0.3) is 40.0 Å². The number of rotatable bonds is 13. The molecule has 0 amide bonds. The summed E-state index contributed by atoms with van der Waals surface area (Å²) in [5, 5.41) is 55.2. The Labute approximate surface area is 680 Å². The second-order valence-electron chi connectivity index (χ2n) is 21.9. The van der Waals surface area contributed by atoms with Crippen molar-refractivity contribution in [2.24, 2.45) is 0 Å². The smallest absolute Gasteiger partial charge is 0.277 e. The summed E-state index contributed by atoms with van der Waals surface area (Å²) in [6.45, 7) is 4.79. The minimum absolute atomic E-state index is 0.0409. The van der Waals surface area contributed by atoms with Crippen molar-refractivity contribution in [3.05, 3.63) is 287 Å². The van der Waals surface area contributed by atoms with E-state index in [-0.39, 0.29) is 78.8 Å². The summed E-state index contributed by atoms with van der Waals surface area (Å²) in [7, 11) is 14.1. The summed E-state index contributed by atoms with van der Waals surface area (Å²) in [4.78, 5) is 62.0. The molecule has 0 aliphatic heterocycles. The molecule has 0 spiro atoms. The fourth-order valence-electron chi connectivity index (χ4n) is 7.98. The van der Waals surface area contributed by atoms with E-state index in [4.69, 9.17) is 20.9 Å². The van der Waals surface area contributed by atoms with E-state index >= 15 is 0 Å². The normalized spacial score (nSPS) is 10.4. The van der Waals surface area contributed by atoms with Crippen molar-refractivity contribution in [2.45, 2.75) is 20.8 Å². The van der Waals surface area contributed by atoms with E-state index in [2.05, 4.69) is 38.6 Å². The van der Waals surface area contributed by atoms with Gasteiger partial charge in [0.2, 0.25) is 0 Å². The quantitative estimate of drug-likeness (QED) is 0.0274. The molecule has 0 unspecified atom stereocenters. The number of methoxy groups -OCH3 is 2. The van der Waals surface area contributed by atoms with Crippen molar-refractivity contribution in [3.63, 3.8) is 0 Å². The number of anilines is 2. The zero-order valence-corrected chi connectivity index (χ0v) is 70.2. The molecule has 0 saturated carbocycles. The fourth-order valence-corrected chi connectivity index (χ4v) is 11.2. The maximum Gasteiger partial charge on any atom is 0.277 e. The minimum Gasteiger partial charge on any atom is -0.496 e. The second kappa shape index (κ2) is 43.9. The van der Waals surface area contributed by atoms with E-state index in [0.29, 0.717) is 20.4 Å². The highest BCUT2D eigenvalue weighted by molar-refractivity contribution is 14.1. The van der Waals surface area contributed by atoms with Crippen LogP contribution in [0.4, 0.5) is 66.2 Å². The molecular weight excluding hydrogens is 2060 g/mol. The predicted molar refractivity (Wildman–Crippen MR) is 449 cm³/mol. The molecule has 0 atom stereocenters. The van der Waals surface area contributed by atoms with Crippen LogP contribution >= 0.6 is 136 Å². The maximum atomic E-state index is 13.3. The number of nitro benzene ring substituents is 5. The number of nitro groups is 5. The van der Waals surface area contributed by atoms with Crippen molar-refractivity contribution in [1.82, 2.24) is 24.7 Å². The number of aromatic amines is 2. The molecule has 10 aromatic rings. The van der Waals surface area contributed by atoms with Crippen LogP contribution in [-0.2, 0) is 0 Å². The van der Waals surface area contributed by atoms with Crippen LogP contribution in [0.2, 0.25) is 0 Å². The molecule has 0 bridgehead atoms. The molecule has 36 heteroatoms. The summed E-state index contributed by atoms with van der Waals surface area (Å²) in [6, 6.07) is 28.5. The lowest BCUT2D eigenvalue weighted by Crippen LogP contribution is -2.01. The summed E-state index contributed by atoms with van der Waals surface area (Å²) in [5.41, 5.74) is 14.8. The van der Waals surface area contributed by atoms with Crippen LogP contribution in [0.1, 0.15) is 33.4 Å². The van der Waals surface area contributed by atoms with Crippen molar-refractivity contribution in [3.8, 4) is 11.5 Å². The largest absolute Gasteiger partial charge is 0.496 e. The first kappa shape index (κ1) is 90.8.